The van der Waals surface area contributed by atoms with Gasteiger partial charge in [-0.3, -0.25) is 14.8 Å². The van der Waals surface area contributed by atoms with Crippen LogP contribution in [-0.4, -0.2) is 40.8 Å². The summed E-state index contributed by atoms with van der Waals surface area (Å²) in [6, 6.07) is 21.2. The average molecular weight is 576 g/mol. The molecule has 4 aromatic rings. The van der Waals surface area contributed by atoms with Crippen LogP contribution in [0.25, 0.3) is 0 Å². The van der Waals surface area contributed by atoms with Crippen molar-refractivity contribution in [3.63, 3.8) is 0 Å². The molecule has 0 spiro atoms. The van der Waals surface area contributed by atoms with Gasteiger partial charge in [0.15, 0.2) is 0 Å². The topological polar surface area (TPSA) is 94.5 Å². The van der Waals surface area contributed by atoms with Crippen LogP contribution in [0.15, 0.2) is 95.9 Å². The van der Waals surface area contributed by atoms with Crippen LogP contribution in [0.5, 0.6) is 0 Å². The quantitative estimate of drug-likeness (QED) is 0.213. The van der Waals surface area contributed by atoms with E-state index >= 15 is 0 Å². The number of hydrogen-bond donors (Lipinski definition) is 3. The Labute approximate surface area is 250 Å². The van der Waals surface area contributed by atoms with E-state index in [4.69, 9.17) is 0 Å². The molecule has 2 aliphatic rings. The van der Waals surface area contributed by atoms with Gasteiger partial charge in [0.25, 0.3) is 5.91 Å². The molecular weight excluding hydrogens is 541 g/mol. The van der Waals surface area contributed by atoms with Gasteiger partial charge in [0.05, 0.1) is 11.3 Å². The Kier molecular flexibility index (Phi) is 7.87. The van der Waals surface area contributed by atoms with E-state index in [1.54, 1.807) is 37.7 Å². The summed E-state index contributed by atoms with van der Waals surface area (Å²) in [6.45, 7) is 5.04. The lowest BCUT2D eigenvalue weighted by Crippen LogP contribution is -2.40. The van der Waals surface area contributed by atoms with Crippen LogP contribution >= 0.6 is 0 Å². The number of halogens is 1. The van der Waals surface area contributed by atoms with E-state index in [9.17, 15) is 9.18 Å². The molecule has 0 unspecified atom stereocenters. The molecule has 0 atom stereocenters. The number of aliphatic imine (C=N–C) groups is 1. The van der Waals surface area contributed by atoms with Gasteiger partial charge in [-0.05, 0) is 105 Å². The lowest BCUT2D eigenvalue weighted by molar-refractivity contribution is 0.102. The molecular formula is C34H34FN7O. The van der Waals surface area contributed by atoms with Crippen molar-refractivity contribution in [2.75, 3.05) is 33.9 Å². The van der Waals surface area contributed by atoms with E-state index in [2.05, 4.69) is 47.9 Å². The summed E-state index contributed by atoms with van der Waals surface area (Å²) in [5.41, 5.74) is 6.90. The number of carbonyl (C=O) groups is 1. The summed E-state index contributed by atoms with van der Waals surface area (Å²) in [5.74, 6) is 0.397. The van der Waals surface area contributed by atoms with E-state index in [0.29, 0.717) is 49.4 Å². The van der Waals surface area contributed by atoms with Crippen molar-refractivity contribution in [3.8, 4) is 0 Å². The van der Waals surface area contributed by atoms with Gasteiger partial charge >= 0.3 is 0 Å². The average Bonchev–Trinajstić information content (AvgIpc) is 3.20. The lowest BCUT2D eigenvalue weighted by atomic mass is 9.95. The van der Waals surface area contributed by atoms with Crippen molar-refractivity contribution in [1.82, 2.24) is 9.97 Å². The van der Waals surface area contributed by atoms with Crippen LogP contribution in [0.2, 0.25) is 0 Å². The van der Waals surface area contributed by atoms with Crippen molar-refractivity contribution >= 4 is 46.4 Å². The number of anilines is 5. The molecule has 0 bridgehead atoms. The molecule has 1 fully saturated rings. The molecule has 8 nitrogen and oxygen atoms in total. The zero-order chi connectivity index (χ0) is 29.8. The first-order valence-electron chi connectivity index (χ1n) is 14.4. The molecule has 43 heavy (non-hydrogen) atoms. The fourth-order valence-corrected chi connectivity index (χ4v) is 5.22. The van der Waals surface area contributed by atoms with E-state index in [0.717, 1.165) is 39.7 Å². The third kappa shape index (κ3) is 7.06. The summed E-state index contributed by atoms with van der Waals surface area (Å²) in [6.07, 6.45) is 8.75. The number of hydrogen-bond acceptors (Lipinski definition) is 7. The highest BCUT2D eigenvalue weighted by molar-refractivity contribution is 6.04. The van der Waals surface area contributed by atoms with Gasteiger partial charge in [-0.1, -0.05) is 0 Å². The summed E-state index contributed by atoms with van der Waals surface area (Å²) in [4.78, 5) is 28.4. The molecule has 3 N–H and O–H groups in total. The van der Waals surface area contributed by atoms with Gasteiger partial charge in [-0.15, -0.1) is 0 Å². The monoisotopic (exact) mass is 575 g/mol. The number of fused-ring (bicyclic) bond motifs is 1. The van der Waals surface area contributed by atoms with E-state index in [-0.39, 0.29) is 5.91 Å². The smallest absolute Gasteiger partial charge is 0.257 e. The Morgan fingerprint density at radius 3 is 2.44 bits per heavy atom. The largest absolute Gasteiger partial charge is 0.371 e. The van der Waals surface area contributed by atoms with E-state index in [1.165, 1.54) is 0 Å². The van der Waals surface area contributed by atoms with Gasteiger partial charge in [0.1, 0.15) is 11.5 Å². The lowest BCUT2D eigenvalue weighted by Gasteiger charge is -2.35. The van der Waals surface area contributed by atoms with Gasteiger partial charge in [0, 0.05) is 72.3 Å². The first-order chi connectivity index (χ1) is 20.8. The normalized spacial score (nSPS) is 15.6. The standard InChI is InChI=1S/C34H34FN7O/c1-23-19-28(11-15-36-23)39-26-4-6-27(7-5-26)41-33(43)24-3-10-32(38-22-24)40-29-12-16-37-31-9-8-30(21-25(31)20-29)42-17-13-34(2,35)14-18-42/h3-12,15-16,19,21-22H,13-14,17-18,20H2,1-2H3,(H,36,39)(H,38,40)(H,41,43). The molecule has 1 amide bonds. The summed E-state index contributed by atoms with van der Waals surface area (Å²) in [5, 5.41) is 9.62. The van der Waals surface area contributed by atoms with Crippen LogP contribution in [0.4, 0.5) is 38.6 Å². The summed E-state index contributed by atoms with van der Waals surface area (Å²) >= 11 is 0. The Bertz CT molecular complexity index is 1670. The number of allylic oxidation sites excluding steroid dienone is 2. The number of rotatable bonds is 7. The molecule has 0 radical (unpaired) electrons. The minimum absolute atomic E-state index is 0.238. The molecule has 2 aromatic carbocycles. The highest BCUT2D eigenvalue weighted by atomic mass is 19.1. The Balaban J connectivity index is 1.05. The molecule has 0 saturated carbocycles. The molecule has 1 saturated heterocycles. The van der Waals surface area contributed by atoms with Crippen LogP contribution in [0.3, 0.4) is 0 Å². The number of pyridine rings is 2. The molecule has 9 heteroatoms. The minimum Gasteiger partial charge on any atom is -0.371 e. The Hall–Kier alpha value is -5.05. The van der Waals surface area contributed by atoms with Crippen molar-refractivity contribution in [1.29, 1.82) is 0 Å². The Morgan fingerprint density at radius 2 is 1.70 bits per heavy atom. The Morgan fingerprint density at radius 1 is 0.907 bits per heavy atom. The number of amides is 1. The molecule has 2 aromatic heterocycles. The fraction of sp³-hybridized carbons (Fsp3) is 0.235. The second-order valence-electron chi connectivity index (χ2n) is 11.3. The van der Waals surface area contributed by atoms with Crippen LogP contribution in [0.1, 0.15) is 41.4 Å². The number of benzene rings is 2. The van der Waals surface area contributed by atoms with Crippen molar-refractivity contribution in [3.05, 3.63) is 108 Å². The van der Waals surface area contributed by atoms with Gasteiger partial charge < -0.3 is 20.9 Å². The fourth-order valence-electron chi connectivity index (χ4n) is 5.22. The first kappa shape index (κ1) is 28.1. The second kappa shape index (κ2) is 12.1. The maximum absolute atomic E-state index is 14.3. The number of nitrogens with one attached hydrogen (secondary N) is 3. The van der Waals surface area contributed by atoms with Crippen LogP contribution < -0.4 is 20.9 Å². The van der Waals surface area contributed by atoms with Crippen molar-refractivity contribution in [2.45, 2.75) is 38.8 Å². The summed E-state index contributed by atoms with van der Waals surface area (Å²) in [7, 11) is 0. The number of carbonyl (C=O) groups excluding carboxylic acids is 1. The number of piperidine rings is 1. The second-order valence-corrected chi connectivity index (χ2v) is 11.3. The number of nitrogens with zero attached hydrogens (tertiary/aromatic N) is 4. The zero-order valence-electron chi connectivity index (χ0n) is 24.3. The van der Waals surface area contributed by atoms with Crippen LogP contribution in [-0.2, 0) is 6.42 Å². The number of alkyl halides is 1. The predicted molar refractivity (Wildman–Crippen MR) is 172 cm³/mol. The van der Waals surface area contributed by atoms with Crippen LogP contribution in [0, 0.1) is 6.92 Å². The predicted octanol–water partition coefficient (Wildman–Crippen LogP) is 7.36. The zero-order valence-corrected chi connectivity index (χ0v) is 24.3. The van der Waals surface area contributed by atoms with Crippen molar-refractivity contribution in [2.24, 2.45) is 4.99 Å². The number of aromatic nitrogens is 2. The van der Waals surface area contributed by atoms with Gasteiger partial charge in [0.2, 0.25) is 0 Å². The maximum Gasteiger partial charge on any atom is 0.257 e. The summed E-state index contributed by atoms with van der Waals surface area (Å²) < 4.78 is 14.3. The third-order valence-electron chi connectivity index (χ3n) is 7.75. The van der Waals surface area contributed by atoms with E-state index in [1.807, 2.05) is 55.5 Å². The molecule has 2 aliphatic heterocycles. The molecule has 6 rings (SSSR count). The molecule has 0 aliphatic carbocycles. The molecule has 218 valence electrons. The molecule has 4 heterocycles. The van der Waals surface area contributed by atoms with Gasteiger partial charge in [-0.2, -0.15) is 0 Å². The van der Waals surface area contributed by atoms with Gasteiger partial charge in [-0.25, -0.2) is 9.37 Å². The first-order valence-corrected chi connectivity index (χ1v) is 14.4. The number of aryl methyl sites for hydroxylation is 1. The maximum atomic E-state index is 14.3. The van der Waals surface area contributed by atoms with E-state index < -0.39 is 5.67 Å². The third-order valence-corrected chi connectivity index (χ3v) is 7.75. The highest BCUT2D eigenvalue weighted by Gasteiger charge is 2.29. The highest BCUT2D eigenvalue weighted by Crippen LogP contribution is 2.33. The minimum atomic E-state index is -1.08. The van der Waals surface area contributed by atoms with Crippen molar-refractivity contribution < 1.29 is 9.18 Å². The SMILES string of the molecule is Cc1cc(Nc2ccc(NC(=O)c3ccc(NC4=CC=Nc5ccc(N6CCC(C)(F)CC6)cc5C4)nc3)cc2)ccn1.